The van der Waals surface area contributed by atoms with Crippen LogP contribution >= 0.6 is 0 Å². The fourth-order valence-corrected chi connectivity index (χ4v) is 2.23. The molecule has 0 atom stereocenters. The van der Waals surface area contributed by atoms with Gasteiger partial charge in [-0.05, 0) is 30.7 Å². The predicted octanol–water partition coefficient (Wildman–Crippen LogP) is 1.59. The van der Waals surface area contributed by atoms with Crippen LogP contribution in [0, 0.1) is 22.7 Å². The second-order valence-electron chi connectivity index (χ2n) is 4.43. The minimum atomic E-state index is 0.515. The molecule has 92 valence electrons. The molecule has 0 amide bonds. The quantitative estimate of drug-likeness (QED) is 0.737. The van der Waals surface area contributed by atoms with Crippen molar-refractivity contribution < 1.29 is 0 Å². The first kappa shape index (κ1) is 12.4. The van der Waals surface area contributed by atoms with Crippen molar-refractivity contribution in [3.05, 3.63) is 29.8 Å². The topological polar surface area (TPSA) is 54.1 Å². The van der Waals surface area contributed by atoms with E-state index in [2.05, 4.69) is 21.9 Å². The number of nitriles is 2. The van der Waals surface area contributed by atoms with Crippen LogP contribution in [0.1, 0.15) is 12.0 Å². The highest BCUT2D eigenvalue weighted by Gasteiger charge is 2.14. The van der Waals surface area contributed by atoms with Gasteiger partial charge in [0, 0.05) is 31.9 Å². The Kier molecular flexibility index (Phi) is 4.17. The van der Waals surface area contributed by atoms with Crippen LogP contribution in [0.5, 0.6) is 0 Å². The maximum absolute atomic E-state index is 8.78. The Labute approximate surface area is 108 Å². The van der Waals surface area contributed by atoms with Crippen LogP contribution in [-0.4, -0.2) is 37.6 Å². The predicted molar refractivity (Wildman–Crippen MR) is 70.0 cm³/mol. The number of anilines is 1. The van der Waals surface area contributed by atoms with Gasteiger partial charge in [-0.25, -0.2) is 0 Å². The Hall–Kier alpha value is -2.04. The molecular weight excluding hydrogens is 224 g/mol. The van der Waals surface area contributed by atoms with Gasteiger partial charge in [0.15, 0.2) is 0 Å². The molecule has 1 saturated heterocycles. The van der Waals surface area contributed by atoms with Crippen molar-refractivity contribution in [1.82, 2.24) is 4.90 Å². The molecule has 2 rings (SSSR count). The molecule has 1 aromatic carbocycles. The van der Waals surface area contributed by atoms with Crippen molar-refractivity contribution in [1.29, 1.82) is 10.5 Å². The summed E-state index contributed by atoms with van der Waals surface area (Å²) in [5.41, 5.74) is 1.85. The molecule has 1 heterocycles. The van der Waals surface area contributed by atoms with Crippen LogP contribution in [0.2, 0.25) is 0 Å². The summed E-state index contributed by atoms with van der Waals surface area (Å²) in [6.45, 7) is 4.37. The minimum absolute atomic E-state index is 0.515. The van der Waals surface area contributed by atoms with E-state index in [0.717, 1.165) is 38.3 Å². The highest BCUT2D eigenvalue weighted by Crippen LogP contribution is 2.17. The van der Waals surface area contributed by atoms with Gasteiger partial charge in [-0.1, -0.05) is 0 Å². The van der Waals surface area contributed by atoms with E-state index in [1.165, 1.54) is 0 Å². The molecule has 4 heteroatoms. The molecule has 1 aliphatic rings. The van der Waals surface area contributed by atoms with E-state index in [9.17, 15) is 0 Å². The van der Waals surface area contributed by atoms with Gasteiger partial charge in [-0.2, -0.15) is 10.5 Å². The summed E-state index contributed by atoms with van der Waals surface area (Å²) >= 11 is 0. The molecule has 1 aliphatic heterocycles. The Balaban J connectivity index is 2.01. The molecule has 0 radical (unpaired) electrons. The van der Waals surface area contributed by atoms with Crippen molar-refractivity contribution in [3.63, 3.8) is 0 Å². The van der Waals surface area contributed by atoms with Crippen LogP contribution in [0.4, 0.5) is 5.69 Å². The third kappa shape index (κ3) is 3.00. The molecule has 0 spiro atoms. The summed E-state index contributed by atoms with van der Waals surface area (Å²) in [6.07, 6.45) is 1.07. The van der Waals surface area contributed by atoms with E-state index in [1.54, 1.807) is 0 Å². The molecule has 0 N–H and O–H groups in total. The maximum Gasteiger partial charge on any atom is 0.0991 e. The van der Waals surface area contributed by atoms with Gasteiger partial charge >= 0.3 is 0 Å². The minimum Gasteiger partial charge on any atom is -0.370 e. The van der Waals surface area contributed by atoms with Crippen molar-refractivity contribution in [2.45, 2.75) is 6.42 Å². The van der Waals surface area contributed by atoms with Gasteiger partial charge in [0.05, 0.1) is 24.2 Å². The lowest BCUT2D eigenvalue weighted by atomic mass is 10.2. The fraction of sp³-hybridized carbons (Fsp3) is 0.429. The number of rotatable bonds is 2. The van der Waals surface area contributed by atoms with Gasteiger partial charge in [0.1, 0.15) is 0 Å². The van der Waals surface area contributed by atoms with Gasteiger partial charge in [0.25, 0.3) is 0 Å². The summed E-state index contributed by atoms with van der Waals surface area (Å²) < 4.78 is 0. The molecule has 0 saturated carbocycles. The normalized spacial score (nSPS) is 16.7. The van der Waals surface area contributed by atoms with Crippen molar-refractivity contribution in [3.8, 4) is 12.1 Å². The zero-order chi connectivity index (χ0) is 12.8. The third-order valence-corrected chi connectivity index (χ3v) is 3.24. The zero-order valence-electron chi connectivity index (χ0n) is 10.3. The van der Waals surface area contributed by atoms with E-state index in [1.807, 2.05) is 24.3 Å². The van der Waals surface area contributed by atoms with Crippen LogP contribution < -0.4 is 4.90 Å². The molecule has 0 aromatic heterocycles. The SMILES string of the molecule is N#CCN1CCCN(c2ccc(C#N)cc2)CC1. The standard InChI is InChI=1S/C14H16N4/c15-6-9-17-7-1-8-18(11-10-17)14-4-2-13(12-16)3-5-14/h2-5H,1,7-11H2. The second-order valence-corrected chi connectivity index (χ2v) is 4.43. The van der Waals surface area contributed by atoms with E-state index >= 15 is 0 Å². The summed E-state index contributed by atoms with van der Waals surface area (Å²) in [5, 5.41) is 17.5. The monoisotopic (exact) mass is 240 g/mol. The van der Waals surface area contributed by atoms with Crippen molar-refractivity contribution >= 4 is 5.69 Å². The smallest absolute Gasteiger partial charge is 0.0991 e. The fourth-order valence-electron chi connectivity index (χ4n) is 2.23. The highest BCUT2D eigenvalue weighted by molar-refractivity contribution is 5.49. The zero-order valence-corrected chi connectivity index (χ0v) is 10.3. The summed E-state index contributed by atoms with van der Waals surface area (Å²) in [6, 6.07) is 12.0. The van der Waals surface area contributed by atoms with Crippen molar-refractivity contribution in [2.24, 2.45) is 0 Å². The molecule has 18 heavy (non-hydrogen) atoms. The number of hydrogen-bond donors (Lipinski definition) is 0. The summed E-state index contributed by atoms with van der Waals surface area (Å²) in [5.74, 6) is 0. The Morgan fingerprint density at radius 1 is 1.00 bits per heavy atom. The van der Waals surface area contributed by atoms with Crippen LogP contribution in [0.15, 0.2) is 24.3 Å². The Morgan fingerprint density at radius 2 is 1.78 bits per heavy atom. The lowest BCUT2D eigenvalue weighted by Crippen LogP contribution is -2.30. The molecule has 1 aromatic rings. The average Bonchev–Trinajstić information content (AvgIpc) is 2.65. The lowest BCUT2D eigenvalue weighted by molar-refractivity contribution is 0.329. The third-order valence-electron chi connectivity index (χ3n) is 3.24. The molecule has 4 nitrogen and oxygen atoms in total. The highest BCUT2D eigenvalue weighted by atomic mass is 15.2. The van der Waals surface area contributed by atoms with Gasteiger partial charge in [0.2, 0.25) is 0 Å². The number of benzene rings is 1. The first-order valence-corrected chi connectivity index (χ1v) is 6.18. The molecule has 0 bridgehead atoms. The number of nitrogens with zero attached hydrogens (tertiary/aromatic N) is 4. The van der Waals surface area contributed by atoms with Crippen molar-refractivity contribution in [2.75, 3.05) is 37.6 Å². The van der Waals surface area contributed by atoms with E-state index in [-0.39, 0.29) is 0 Å². The van der Waals surface area contributed by atoms with Gasteiger partial charge < -0.3 is 4.90 Å². The second kappa shape index (κ2) is 6.05. The average molecular weight is 240 g/mol. The molecule has 1 fully saturated rings. The summed E-state index contributed by atoms with van der Waals surface area (Å²) in [7, 11) is 0. The first-order chi connectivity index (χ1) is 8.83. The van der Waals surface area contributed by atoms with E-state index in [4.69, 9.17) is 10.5 Å². The lowest BCUT2D eigenvalue weighted by Gasteiger charge is -2.23. The Morgan fingerprint density at radius 3 is 2.44 bits per heavy atom. The van der Waals surface area contributed by atoms with Crippen LogP contribution in [0.25, 0.3) is 0 Å². The Bertz CT molecular complexity index is 466. The molecule has 0 aliphatic carbocycles. The molecular formula is C14H16N4. The molecule has 0 unspecified atom stereocenters. The maximum atomic E-state index is 8.78. The van der Waals surface area contributed by atoms with Crippen LogP contribution in [-0.2, 0) is 0 Å². The van der Waals surface area contributed by atoms with Gasteiger partial charge in [-0.15, -0.1) is 0 Å². The van der Waals surface area contributed by atoms with Gasteiger partial charge in [-0.3, -0.25) is 4.90 Å². The largest absolute Gasteiger partial charge is 0.370 e. The number of hydrogen-bond acceptors (Lipinski definition) is 4. The first-order valence-electron chi connectivity index (χ1n) is 6.18. The summed E-state index contributed by atoms with van der Waals surface area (Å²) in [4.78, 5) is 4.50. The van der Waals surface area contributed by atoms with E-state index in [0.29, 0.717) is 12.1 Å². The van der Waals surface area contributed by atoms with Crippen LogP contribution in [0.3, 0.4) is 0 Å². The van der Waals surface area contributed by atoms with E-state index < -0.39 is 0 Å².